The van der Waals surface area contributed by atoms with Crippen LogP contribution in [0, 0.1) is 0 Å². The number of hydrogen-bond acceptors (Lipinski definition) is 6. The predicted octanol–water partition coefficient (Wildman–Crippen LogP) is 4.88. The molecule has 0 aliphatic heterocycles. The number of aromatic nitrogens is 4. The first-order chi connectivity index (χ1) is 18.1. The summed E-state index contributed by atoms with van der Waals surface area (Å²) in [5.74, 6) is 0.00691. The molecule has 10 heteroatoms. The zero-order valence-corrected chi connectivity index (χ0v) is 21.7. The normalized spacial score (nSPS) is 14.4. The maximum absolute atomic E-state index is 13.8. The van der Waals surface area contributed by atoms with Gasteiger partial charge in [-0.25, -0.2) is 0 Å². The van der Waals surface area contributed by atoms with E-state index in [4.69, 9.17) is 11.6 Å². The number of amides is 2. The number of thiophene rings is 1. The molecule has 2 aromatic heterocycles. The standard InChI is InChI=1S/C27H27ClN6O2S/c28-21-14-12-20(13-15-21)26-30-32-33(31-26)18-24(35)34(22-9-4-5-10-22)25(23-11-6-16-37-23)27(36)29-17-19-7-2-1-3-8-19/h1-3,6-8,11-16,22,25H,4-5,9-10,17-18H2,(H,29,36)/t25-/m0/s1. The summed E-state index contributed by atoms with van der Waals surface area (Å²) in [6.45, 7) is 0.286. The van der Waals surface area contributed by atoms with Crippen molar-refractivity contribution in [3.63, 3.8) is 0 Å². The van der Waals surface area contributed by atoms with Crippen LogP contribution >= 0.6 is 22.9 Å². The summed E-state index contributed by atoms with van der Waals surface area (Å²) in [5.41, 5.74) is 1.76. The molecule has 0 unspecified atom stereocenters. The number of hydrogen-bond donors (Lipinski definition) is 1. The van der Waals surface area contributed by atoms with Crippen molar-refractivity contribution in [1.82, 2.24) is 30.4 Å². The van der Waals surface area contributed by atoms with Crippen LogP contribution in [0.2, 0.25) is 5.02 Å². The van der Waals surface area contributed by atoms with Gasteiger partial charge in [0.1, 0.15) is 12.6 Å². The first-order valence-corrected chi connectivity index (χ1v) is 13.5. The molecule has 5 rings (SSSR count). The second-order valence-corrected chi connectivity index (χ2v) is 10.4. The van der Waals surface area contributed by atoms with Crippen LogP contribution in [0.1, 0.15) is 42.2 Å². The number of carbonyl (C=O) groups excluding carboxylic acids is 2. The van der Waals surface area contributed by atoms with Crippen LogP contribution < -0.4 is 5.32 Å². The van der Waals surface area contributed by atoms with E-state index < -0.39 is 6.04 Å². The number of carbonyl (C=O) groups is 2. The third-order valence-corrected chi connectivity index (χ3v) is 7.66. The van der Waals surface area contributed by atoms with Crippen molar-refractivity contribution in [2.75, 3.05) is 0 Å². The molecule has 1 aliphatic rings. The molecule has 0 radical (unpaired) electrons. The molecular weight excluding hydrogens is 508 g/mol. The zero-order valence-electron chi connectivity index (χ0n) is 20.2. The molecule has 1 aliphatic carbocycles. The molecular formula is C27H27ClN6O2S. The van der Waals surface area contributed by atoms with Crippen molar-refractivity contribution >= 4 is 34.8 Å². The van der Waals surface area contributed by atoms with Crippen molar-refractivity contribution in [1.29, 1.82) is 0 Å². The largest absolute Gasteiger partial charge is 0.350 e. The smallest absolute Gasteiger partial charge is 0.248 e. The van der Waals surface area contributed by atoms with Crippen molar-refractivity contribution in [2.24, 2.45) is 0 Å². The fourth-order valence-electron chi connectivity index (χ4n) is 4.69. The minimum absolute atomic E-state index is 0.0265. The van der Waals surface area contributed by atoms with E-state index in [2.05, 4.69) is 20.7 Å². The van der Waals surface area contributed by atoms with Gasteiger partial charge < -0.3 is 10.2 Å². The quantitative estimate of drug-likeness (QED) is 0.330. The fraction of sp³-hybridized carbons (Fsp3) is 0.296. The number of rotatable bonds is 9. The summed E-state index contributed by atoms with van der Waals surface area (Å²) in [4.78, 5) is 31.3. The predicted molar refractivity (Wildman–Crippen MR) is 143 cm³/mol. The van der Waals surface area contributed by atoms with E-state index in [0.29, 0.717) is 17.4 Å². The Bertz CT molecular complexity index is 1320. The molecule has 8 nitrogen and oxygen atoms in total. The van der Waals surface area contributed by atoms with Crippen molar-refractivity contribution in [2.45, 2.75) is 50.9 Å². The lowest BCUT2D eigenvalue weighted by Crippen LogP contribution is -2.49. The molecule has 2 heterocycles. The van der Waals surface area contributed by atoms with Crippen LogP contribution in [-0.2, 0) is 22.7 Å². The van der Waals surface area contributed by atoms with Crippen LogP contribution in [0.3, 0.4) is 0 Å². The van der Waals surface area contributed by atoms with Gasteiger partial charge in [-0.2, -0.15) is 4.80 Å². The first-order valence-electron chi connectivity index (χ1n) is 12.3. The SMILES string of the molecule is O=C(NCc1ccccc1)[C@H](c1cccs1)N(C(=O)Cn1nnc(-c2ccc(Cl)cc2)n1)C1CCCC1. The fourth-order valence-corrected chi connectivity index (χ4v) is 5.64. The minimum atomic E-state index is -0.724. The highest BCUT2D eigenvalue weighted by molar-refractivity contribution is 7.10. The first kappa shape index (κ1) is 25.1. The van der Waals surface area contributed by atoms with Crippen molar-refractivity contribution in [3.05, 3.63) is 87.6 Å². The average molecular weight is 535 g/mol. The highest BCUT2D eigenvalue weighted by Gasteiger charge is 2.38. The van der Waals surface area contributed by atoms with E-state index in [-0.39, 0.29) is 24.4 Å². The summed E-state index contributed by atoms with van der Waals surface area (Å²) < 4.78 is 0. The highest BCUT2D eigenvalue weighted by Crippen LogP contribution is 2.34. The van der Waals surface area contributed by atoms with Crippen LogP contribution in [0.25, 0.3) is 11.4 Å². The molecule has 190 valence electrons. The van der Waals surface area contributed by atoms with Gasteiger partial charge in [0, 0.05) is 28.0 Å². The molecule has 1 saturated carbocycles. The van der Waals surface area contributed by atoms with Gasteiger partial charge in [-0.1, -0.05) is 60.8 Å². The van der Waals surface area contributed by atoms with Crippen LogP contribution in [0.5, 0.6) is 0 Å². The lowest BCUT2D eigenvalue weighted by Gasteiger charge is -2.35. The molecule has 0 saturated heterocycles. The summed E-state index contributed by atoms with van der Waals surface area (Å²) in [6.07, 6.45) is 3.78. The second-order valence-electron chi connectivity index (χ2n) is 9.01. The van der Waals surface area contributed by atoms with E-state index >= 15 is 0 Å². The molecule has 2 aromatic carbocycles. The van der Waals surface area contributed by atoms with Gasteiger partial charge in [-0.05, 0) is 59.3 Å². The Kier molecular flexibility index (Phi) is 7.91. The molecule has 1 N–H and O–H groups in total. The Morgan fingerprint density at radius 3 is 2.51 bits per heavy atom. The van der Waals surface area contributed by atoms with E-state index in [1.807, 2.05) is 47.8 Å². The van der Waals surface area contributed by atoms with Crippen molar-refractivity contribution < 1.29 is 9.59 Å². The van der Waals surface area contributed by atoms with Crippen LogP contribution in [0.4, 0.5) is 0 Å². The summed E-state index contributed by atoms with van der Waals surface area (Å²) in [6, 6.07) is 20.0. The molecule has 1 atom stereocenters. The Balaban J connectivity index is 1.39. The Hall–Kier alpha value is -3.56. The van der Waals surface area contributed by atoms with E-state index in [1.54, 1.807) is 29.2 Å². The lowest BCUT2D eigenvalue weighted by atomic mass is 10.1. The Labute approximate surface area is 224 Å². The minimum Gasteiger partial charge on any atom is -0.350 e. The summed E-state index contributed by atoms with van der Waals surface area (Å²) in [7, 11) is 0. The highest BCUT2D eigenvalue weighted by atomic mass is 35.5. The third kappa shape index (κ3) is 6.06. The average Bonchev–Trinajstić information content (AvgIpc) is 3.70. The molecule has 4 aromatic rings. The number of halogens is 1. The lowest BCUT2D eigenvalue weighted by molar-refractivity contribution is -0.144. The van der Waals surface area contributed by atoms with Crippen molar-refractivity contribution in [3.8, 4) is 11.4 Å². The van der Waals surface area contributed by atoms with Gasteiger partial charge in [0.2, 0.25) is 17.6 Å². The van der Waals surface area contributed by atoms with Gasteiger partial charge in [0.15, 0.2) is 0 Å². The van der Waals surface area contributed by atoms with E-state index in [0.717, 1.165) is 41.7 Å². The second kappa shape index (κ2) is 11.7. The molecule has 1 fully saturated rings. The van der Waals surface area contributed by atoms with E-state index in [9.17, 15) is 9.59 Å². The summed E-state index contributed by atoms with van der Waals surface area (Å²) in [5, 5.41) is 18.2. The maximum Gasteiger partial charge on any atom is 0.248 e. The number of nitrogens with one attached hydrogen (secondary N) is 1. The third-order valence-electron chi connectivity index (χ3n) is 6.49. The molecule has 2 amide bonds. The Morgan fingerprint density at radius 1 is 1.05 bits per heavy atom. The maximum atomic E-state index is 13.8. The molecule has 37 heavy (non-hydrogen) atoms. The van der Waals surface area contributed by atoms with Crippen LogP contribution in [0.15, 0.2) is 72.1 Å². The number of tetrazole rings is 1. The van der Waals surface area contributed by atoms with Crippen LogP contribution in [-0.4, -0.2) is 43.0 Å². The van der Waals surface area contributed by atoms with Gasteiger partial charge >= 0.3 is 0 Å². The number of benzene rings is 2. The summed E-state index contributed by atoms with van der Waals surface area (Å²) >= 11 is 7.46. The van der Waals surface area contributed by atoms with Gasteiger partial charge in [0.05, 0.1) is 0 Å². The Morgan fingerprint density at radius 2 is 1.81 bits per heavy atom. The monoisotopic (exact) mass is 534 g/mol. The van der Waals surface area contributed by atoms with Gasteiger partial charge in [-0.15, -0.1) is 21.5 Å². The van der Waals surface area contributed by atoms with Gasteiger partial charge in [0.25, 0.3) is 0 Å². The molecule has 0 bridgehead atoms. The molecule has 0 spiro atoms. The topological polar surface area (TPSA) is 93.0 Å². The van der Waals surface area contributed by atoms with Gasteiger partial charge in [-0.3, -0.25) is 9.59 Å². The van der Waals surface area contributed by atoms with E-state index in [1.165, 1.54) is 16.1 Å². The number of nitrogens with zero attached hydrogens (tertiary/aromatic N) is 5. The zero-order chi connectivity index (χ0) is 25.6.